The number of nitrogens with zero attached hydrogens (tertiary/aromatic N) is 2. The molecular weight excluding hydrogens is 1240 g/mol. The Morgan fingerprint density at radius 3 is 1.19 bits per heavy atom. The molecule has 3 aromatic carbocycles. The van der Waals surface area contributed by atoms with E-state index in [-0.39, 0.29) is 75.8 Å². The van der Waals surface area contributed by atoms with E-state index in [2.05, 4.69) is 227 Å². The Morgan fingerprint density at radius 2 is 0.950 bits per heavy atom. The molecule has 1 aliphatic heterocycles. The molecule has 7 rings (SSSR count). The molecule has 10 heteroatoms. The van der Waals surface area contributed by atoms with Gasteiger partial charge in [-0.25, -0.2) is 14.4 Å². The number of aryl methyl sites for hydroxylation is 4. The Balaban J connectivity index is -0.000000248. The summed E-state index contributed by atoms with van der Waals surface area (Å²) in [4.78, 5) is 8.20. The van der Waals surface area contributed by atoms with Crippen molar-refractivity contribution in [2.45, 2.75) is 331 Å². The largest absolute Gasteiger partial charge is 0.392 e. The van der Waals surface area contributed by atoms with Crippen LogP contribution < -0.4 is 0 Å². The maximum absolute atomic E-state index is 13.3. The molecule has 0 amide bonds. The summed E-state index contributed by atoms with van der Waals surface area (Å²) >= 11 is 0. The molecule has 3 fully saturated rings. The van der Waals surface area contributed by atoms with E-state index in [1.807, 2.05) is 52.8 Å². The highest BCUT2D eigenvalue weighted by Gasteiger charge is 2.51. The molecule has 4 aromatic rings. The van der Waals surface area contributed by atoms with Crippen LogP contribution in [0.2, 0.25) is 0 Å². The fourth-order valence-corrected chi connectivity index (χ4v) is 11.9. The number of aromatic nitrogens is 2. The second-order valence-corrected chi connectivity index (χ2v) is 37.3. The molecule has 0 spiro atoms. The summed E-state index contributed by atoms with van der Waals surface area (Å²) in [7, 11) is 7.00. The van der Waals surface area contributed by atoms with Crippen LogP contribution in [0.5, 0.6) is 0 Å². The summed E-state index contributed by atoms with van der Waals surface area (Å²) in [5.41, 5.74) is 14.7. The normalized spacial score (nSPS) is 14.7. The molecule has 100 heavy (non-hydrogen) atoms. The monoisotopic (exact) mass is 1410 g/mol. The predicted octanol–water partition coefficient (Wildman–Crippen LogP) is 25.4. The zero-order chi connectivity index (χ0) is 75.3. The number of hydrogen-bond donors (Lipinski definition) is 2. The molecule has 2 saturated carbocycles. The average Bonchev–Trinajstić information content (AvgIpc) is 1.61. The van der Waals surface area contributed by atoms with Crippen LogP contribution in [-0.2, 0) is 58.6 Å². The van der Waals surface area contributed by atoms with Crippen molar-refractivity contribution in [1.82, 2.24) is 9.97 Å². The molecule has 588 valence electrons. The van der Waals surface area contributed by atoms with Crippen molar-refractivity contribution in [3.05, 3.63) is 129 Å². The van der Waals surface area contributed by atoms with Crippen LogP contribution in [0.15, 0.2) is 67.0 Å². The Kier molecular flexibility index (Phi) is 50.5. The highest BCUT2D eigenvalue weighted by Crippen LogP contribution is 2.59. The van der Waals surface area contributed by atoms with Crippen LogP contribution in [0, 0.1) is 83.3 Å². The number of rotatable bonds is 10. The van der Waals surface area contributed by atoms with E-state index in [1.54, 1.807) is 34.5 Å². The first kappa shape index (κ1) is 107. The Hall–Kier alpha value is -3.61. The Morgan fingerprint density at radius 1 is 0.510 bits per heavy atom. The minimum absolute atomic E-state index is 0. The second kappa shape index (κ2) is 47.1. The van der Waals surface area contributed by atoms with Gasteiger partial charge in [-0.1, -0.05) is 278 Å². The summed E-state index contributed by atoms with van der Waals surface area (Å²) in [6.45, 7) is 75.7. The van der Waals surface area contributed by atoms with E-state index in [4.69, 9.17) is 28.8 Å². The number of hydrogen-bond acceptors (Lipinski definition) is 9. The van der Waals surface area contributed by atoms with Gasteiger partial charge < -0.3 is 33.9 Å². The Labute approximate surface area is 622 Å². The van der Waals surface area contributed by atoms with Crippen LogP contribution in [0.25, 0.3) is 0 Å². The zero-order valence-electron chi connectivity index (χ0n) is 69.3. The minimum atomic E-state index is -0.102. The summed E-state index contributed by atoms with van der Waals surface area (Å²) < 4.78 is 39.0. The molecule has 0 radical (unpaired) electrons. The molecule has 1 aromatic heterocycles. The third-order valence-corrected chi connectivity index (χ3v) is 19.4. The van der Waals surface area contributed by atoms with Crippen molar-refractivity contribution in [2.75, 3.05) is 68.1 Å². The van der Waals surface area contributed by atoms with Crippen LogP contribution in [0.3, 0.4) is 0 Å². The summed E-state index contributed by atoms with van der Waals surface area (Å²) in [5, 5.41) is 18.3. The van der Waals surface area contributed by atoms with E-state index < -0.39 is 0 Å². The third kappa shape index (κ3) is 41.8. The number of aliphatic hydroxyl groups excluding tert-OH is 2. The number of ether oxygens (including phenoxy) is 5. The van der Waals surface area contributed by atoms with Gasteiger partial charge in [0.05, 0.1) is 38.7 Å². The molecule has 0 atom stereocenters. The van der Waals surface area contributed by atoms with E-state index in [1.165, 1.54) is 73.2 Å². The van der Waals surface area contributed by atoms with Gasteiger partial charge in [0.2, 0.25) is 0 Å². The van der Waals surface area contributed by atoms with Gasteiger partial charge in [-0.3, -0.25) is 0 Å². The first-order valence-electron chi connectivity index (χ1n) is 36.0. The standard InChI is InChI=1S/C12H18O.C11H15F.C11H16.C10H16N2O.C9H20O2.2C9H18O.C8H16.C7H16O.4CH4/c1-9-6-5-7-10(8-13)11(9)12(2,3)4;1-8-6-5-7-9(12)10(8)11(2,3)4;1-9-7-5-6-8-10(9)11(2,3)4;1-7-9(10(2,3)4)8(5-13)12-6-11-7;1-9(2,3)8(6-10-4)7-11-5;1-8(2,3)9(5-6-9)7-10-4;1-9(2,3)8-4-6-10-7-5-8;1-7(2,3)8(4)5-6-8;1-7(2,3)5-6-8-4;;;;/h5-7,13H,8H2,1-4H3;5-7H,1-4H3;5-8H,1-4H3;6,13H,5H2,1-4H3;8H,6-7H2,1-5H3;5-7H2,1-4H3;8H,4-7H2,1-3H3;2*5-6H2,1-4H3;4*1H4. The quantitative estimate of drug-likeness (QED) is 0.160. The maximum Gasteiger partial charge on any atom is 0.127 e. The van der Waals surface area contributed by atoms with Crippen molar-refractivity contribution in [1.29, 1.82) is 0 Å². The lowest BCUT2D eigenvalue weighted by Gasteiger charge is -2.33. The predicted molar refractivity (Wildman–Crippen MR) is 439 cm³/mol. The van der Waals surface area contributed by atoms with Crippen molar-refractivity contribution < 1.29 is 38.3 Å². The molecule has 2 N–H and O–H groups in total. The highest BCUT2D eigenvalue weighted by molar-refractivity contribution is 5.39. The topological polar surface area (TPSA) is 112 Å². The molecular formula is C90H169FN2O7. The van der Waals surface area contributed by atoms with Gasteiger partial charge >= 0.3 is 0 Å². The molecule has 0 bridgehead atoms. The molecule has 9 nitrogen and oxygen atoms in total. The summed E-state index contributed by atoms with van der Waals surface area (Å²) in [6, 6.07) is 19.9. The van der Waals surface area contributed by atoms with Gasteiger partial charge in [-0.15, -0.1) is 0 Å². The lowest BCUT2D eigenvalue weighted by Crippen LogP contribution is -2.28. The van der Waals surface area contributed by atoms with Gasteiger partial charge in [-0.05, 0) is 183 Å². The first-order chi connectivity index (χ1) is 43.5. The van der Waals surface area contributed by atoms with Gasteiger partial charge in [0.25, 0.3) is 0 Å². The van der Waals surface area contributed by atoms with Gasteiger partial charge in [0, 0.05) is 65.4 Å². The second-order valence-electron chi connectivity index (χ2n) is 37.3. The van der Waals surface area contributed by atoms with Crippen LogP contribution in [0.1, 0.15) is 324 Å². The van der Waals surface area contributed by atoms with Crippen LogP contribution in [0.4, 0.5) is 4.39 Å². The maximum atomic E-state index is 13.3. The first-order valence-corrected chi connectivity index (χ1v) is 36.0. The van der Waals surface area contributed by atoms with E-state index in [0.29, 0.717) is 38.4 Å². The van der Waals surface area contributed by atoms with Crippen LogP contribution in [-0.4, -0.2) is 88.3 Å². The lowest BCUT2D eigenvalue weighted by atomic mass is 9.76. The number of halogens is 1. The van der Waals surface area contributed by atoms with Crippen LogP contribution >= 0.6 is 0 Å². The molecule has 2 aliphatic carbocycles. The molecule has 1 saturated heterocycles. The fourth-order valence-electron chi connectivity index (χ4n) is 11.9. The van der Waals surface area contributed by atoms with Crippen molar-refractivity contribution >= 4 is 0 Å². The van der Waals surface area contributed by atoms with Crippen molar-refractivity contribution in [2.24, 2.45) is 49.7 Å². The Bertz CT molecular complexity index is 2630. The van der Waals surface area contributed by atoms with E-state index >= 15 is 0 Å². The average molecular weight is 1410 g/mol. The van der Waals surface area contributed by atoms with Gasteiger partial charge in [-0.2, -0.15) is 0 Å². The van der Waals surface area contributed by atoms with Gasteiger partial charge in [0.1, 0.15) is 12.1 Å². The lowest BCUT2D eigenvalue weighted by molar-refractivity contribution is 0.0286. The van der Waals surface area contributed by atoms with Crippen molar-refractivity contribution in [3.63, 3.8) is 0 Å². The molecule has 3 aliphatic rings. The van der Waals surface area contributed by atoms with Gasteiger partial charge in [0.15, 0.2) is 0 Å². The fraction of sp³-hybridized carbons (Fsp3) is 0.756. The number of aliphatic hydroxyl groups is 2. The summed E-state index contributed by atoms with van der Waals surface area (Å²) in [5.74, 6) is 1.27. The molecule has 2 heterocycles. The SMILES string of the molecule is C.C.C.C.CC(C)(C)C1(C)CC1.CC(C)(C)C1CCOCC1.COCC(COC)C(C)(C)C.COCC1(C(C)(C)C)CC1.COCCC(C)(C)C.Cc1cccc(CO)c1C(C)(C)C.Cc1cccc(F)c1C(C)(C)C.Cc1ccccc1C(C)(C)C.Cc1ncnc(CO)c1C(C)(C)C. The summed E-state index contributed by atoms with van der Waals surface area (Å²) in [6.07, 6.45) is 10.7. The van der Waals surface area contributed by atoms with E-state index in [9.17, 15) is 9.50 Å². The number of benzene rings is 3. The molecule has 0 unspecified atom stereocenters. The van der Waals surface area contributed by atoms with Crippen molar-refractivity contribution in [3.8, 4) is 0 Å². The minimum Gasteiger partial charge on any atom is -0.392 e. The number of methoxy groups -OCH3 is 4. The smallest absolute Gasteiger partial charge is 0.127 e. The highest BCUT2D eigenvalue weighted by atomic mass is 19.1. The third-order valence-electron chi connectivity index (χ3n) is 19.4. The zero-order valence-corrected chi connectivity index (χ0v) is 69.3. The van der Waals surface area contributed by atoms with E-state index in [0.717, 1.165) is 85.6 Å².